The van der Waals surface area contributed by atoms with Gasteiger partial charge in [0.25, 0.3) is 0 Å². The van der Waals surface area contributed by atoms with Gasteiger partial charge in [-0.15, -0.1) is 24.0 Å². The first kappa shape index (κ1) is 22.1. The van der Waals surface area contributed by atoms with E-state index in [4.69, 9.17) is 0 Å². The van der Waals surface area contributed by atoms with Crippen molar-refractivity contribution in [3.8, 4) is 0 Å². The Labute approximate surface area is 157 Å². The second-order valence-electron chi connectivity index (χ2n) is 5.23. The second-order valence-corrected chi connectivity index (χ2v) is 5.23. The highest BCUT2D eigenvalue weighted by Gasteiger charge is 2.02. The highest BCUT2D eigenvalue weighted by atomic mass is 127. The molecule has 0 atom stereocenters. The van der Waals surface area contributed by atoms with Crippen LogP contribution in [0.3, 0.4) is 0 Å². The first-order chi connectivity index (χ1) is 10.6. The predicted octanol–water partition coefficient (Wildman–Crippen LogP) is 3.15. The van der Waals surface area contributed by atoms with Gasteiger partial charge in [-0.3, -0.25) is 0 Å². The van der Waals surface area contributed by atoms with Crippen molar-refractivity contribution >= 4 is 29.9 Å². The van der Waals surface area contributed by atoms with Crippen molar-refractivity contribution < 1.29 is 4.39 Å². The van der Waals surface area contributed by atoms with Crippen molar-refractivity contribution in [1.29, 1.82) is 0 Å². The summed E-state index contributed by atoms with van der Waals surface area (Å²) in [7, 11) is 0. The molecular formula is C17H30FIN4. The molecule has 0 spiro atoms. The maximum atomic E-state index is 13.5. The van der Waals surface area contributed by atoms with Crippen LogP contribution in [0.1, 0.15) is 31.9 Å². The van der Waals surface area contributed by atoms with Crippen molar-refractivity contribution in [2.75, 3.05) is 32.7 Å². The van der Waals surface area contributed by atoms with Crippen LogP contribution in [0.25, 0.3) is 0 Å². The summed E-state index contributed by atoms with van der Waals surface area (Å²) in [4.78, 5) is 6.87. The van der Waals surface area contributed by atoms with Crippen LogP contribution >= 0.6 is 24.0 Å². The topological polar surface area (TPSA) is 39.7 Å². The van der Waals surface area contributed by atoms with Gasteiger partial charge in [-0.25, -0.2) is 9.38 Å². The Hall–Kier alpha value is -0.890. The van der Waals surface area contributed by atoms with Gasteiger partial charge < -0.3 is 15.5 Å². The number of halogens is 2. The summed E-state index contributed by atoms with van der Waals surface area (Å²) in [6.07, 6.45) is 0. The van der Waals surface area contributed by atoms with Crippen LogP contribution < -0.4 is 10.6 Å². The molecule has 0 radical (unpaired) electrons. The SMILES string of the molecule is CCNC(=NCc1ccc(C)c(F)c1)NCCN(CC)CC.I. The number of hydrogen-bond donors (Lipinski definition) is 2. The lowest BCUT2D eigenvalue weighted by Gasteiger charge is -2.19. The van der Waals surface area contributed by atoms with E-state index in [0.29, 0.717) is 12.1 Å². The van der Waals surface area contributed by atoms with Crippen LogP contribution in [0.4, 0.5) is 4.39 Å². The predicted molar refractivity (Wildman–Crippen MR) is 107 cm³/mol. The standard InChI is InChI=1S/C17H29FN4.HI/c1-5-19-17(20-10-11-22(6-2)7-3)21-13-15-9-8-14(4)16(18)12-15;/h8-9,12H,5-7,10-11,13H2,1-4H3,(H2,19,20,21);1H. The number of nitrogens with zero attached hydrogens (tertiary/aromatic N) is 2. The van der Waals surface area contributed by atoms with Crippen molar-refractivity contribution in [3.63, 3.8) is 0 Å². The molecule has 1 aromatic rings. The molecule has 4 nitrogen and oxygen atoms in total. The van der Waals surface area contributed by atoms with Gasteiger partial charge in [0.15, 0.2) is 5.96 Å². The van der Waals surface area contributed by atoms with E-state index in [0.717, 1.165) is 44.2 Å². The van der Waals surface area contributed by atoms with E-state index in [-0.39, 0.29) is 29.8 Å². The molecule has 0 saturated heterocycles. The van der Waals surface area contributed by atoms with Gasteiger partial charge in [0, 0.05) is 19.6 Å². The number of hydrogen-bond acceptors (Lipinski definition) is 2. The zero-order chi connectivity index (χ0) is 16.4. The van der Waals surface area contributed by atoms with Gasteiger partial charge >= 0.3 is 0 Å². The average Bonchev–Trinajstić information content (AvgIpc) is 2.52. The third-order valence-electron chi connectivity index (χ3n) is 3.62. The molecule has 132 valence electrons. The highest BCUT2D eigenvalue weighted by molar-refractivity contribution is 14.0. The molecule has 0 aromatic heterocycles. The van der Waals surface area contributed by atoms with E-state index in [1.54, 1.807) is 19.1 Å². The maximum Gasteiger partial charge on any atom is 0.191 e. The normalized spacial score (nSPS) is 11.3. The summed E-state index contributed by atoms with van der Waals surface area (Å²) in [5.41, 5.74) is 1.54. The summed E-state index contributed by atoms with van der Waals surface area (Å²) in [6.45, 7) is 13.3. The zero-order valence-electron chi connectivity index (χ0n) is 14.7. The fourth-order valence-corrected chi connectivity index (χ4v) is 2.12. The molecule has 0 amide bonds. The van der Waals surface area contributed by atoms with Crippen molar-refractivity contribution in [1.82, 2.24) is 15.5 Å². The van der Waals surface area contributed by atoms with Gasteiger partial charge in [-0.2, -0.15) is 0 Å². The van der Waals surface area contributed by atoms with E-state index in [1.807, 2.05) is 13.0 Å². The van der Waals surface area contributed by atoms with Crippen LogP contribution in [0, 0.1) is 12.7 Å². The van der Waals surface area contributed by atoms with Gasteiger partial charge in [0.1, 0.15) is 5.82 Å². The number of rotatable bonds is 8. The van der Waals surface area contributed by atoms with Gasteiger partial charge in [-0.1, -0.05) is 26.0 Å². The maximum absolute atomic E-state index is 13.5. The van der Waals surface area contributed by atoms with Gasteiger partial charge in [-0.05, 0) is 44.1 Å². The fraction of sp³-hybridized carbons (Fsp3) is 0.588. The van der Waals surface area contributed by atoms with E-state index >= 15 is 0 Å². The largest absolute Gasteiger partial charge is 0.357 e. The first-order valence-corrected chi connectivity index (χ1v) is 8.10. The minimum absolute atomic E-state index is 0. The average molecular weight is 436 g/mol. The van der Waals surface area contributed by atoms with Gasteiger partial charge in [0.05, 0.1) is 6.54 Å². The number of benzene rings is 1. The number of aliphatic imine (C=N–C) groups is 1. The van der Waals surface area contributed by atoms with Crippen LogP contribution in [-0.4, -0.2) is 43.6 Å². The Morgan fingerprint density at radius 3 is 2.43 bits per heavy atom. The Morgan fingerprint density at radius 2 is 1.87 bits per heavy atom. The molecule has 6 heteroatoms. The Kier molecular flexibility index (Phi) is 12.0. The molecule has 0 bridgehead atoms. The number of aryl methyl sites for hydroxylation is 1. The van der Waals surface area contributed by atoms with E-state index < -0.39 is 0 Å². The Morgan fingerprint density at radius 1 is 1.17 bits per heavy atom. The monoisotopic (exact) mass is 436 g/mol. The summed E-state index contributed by atoms with van der Waals surface area (Å²) >= 11 is 0. The van der Waals surface area contributed by atoms with Crippen molar-refractivity contribution in [3.05, 3.63) is 35.1 Å². The van der Waals surface area contributed by atoms with E-state index in [2.05, 4.69) is 34.4 Å². The zero-order valence-corrected chi connectivity index (χ0v) is 17.0. The first-order valence-electron chi connectivity index (χ1n) is 8.10. The summed E-state index contributed by atoms with van der Waals surface area (Å²) < 4.78 is 13.5. The highest BCUT2D eigenvalue weighted by Crippen LogP contribution is 2.09. The molecule has 0 saturated carbocycles. The van der Waals surface area contributed by atoms with Crippen LogP contribution in [0.15, 0.2) is 23.2 Å². The lowest BCUT2D eigenvalue weighted by molar-refractivity contribution is 0.308. The van der Waals surface area contributed by atoms with Crippen LogP contribution in [-0.2, 0) is 6.54 Å². The lowest BCUT2D eigenvalue weighted by atomic mass is 10.1. The van der Waals surface area contributed by atoms with Crippen LogP contribution in [0.2, 0.25) is 0 Å². The lowest BCUT2D eigenvalue weighted by Crippen LogP contribution is -2.41. The molecular weight excluding hydrogens is 406 g/mol. The molecule has 0 aliphatic rings. The molecule has 0 unspecified atom stereocenters. The summed E-state index contributed by atoms with van der Waals surface area (Å²) in [5.74, 6) is 0.600. The molecule has 1 aromatic carbocycles. The Bertz CT molecular complexity index is 476. The summed E-state index contributed by atoms with van der Waals surface area (Å²) in [5, 5.41) is 6.53. The third-order valence-corrected chi connectivity index (χ3v) is 3.62. The van der Waals surface area contributed by atoms with Crippen molar-refractivity contribution in [2.24, 2.45) is 4.99 Å². The fourth-order valence-electron chi connectivity index (χ4n) is 2.12. The van der Waals surface area contributed by atoms with E-state index in [9.17, 15) is 4.39 Å². The molecule has 2 N–H and O–H groups in total. The molecule has 0 aliphatic heterocycles. The minimum atomic E-state index is -0.174. The number of nitrogens with one attached hydrogen (secondary N) is 2. The second kappa shape index (κ2) is 12.5. The van der Waals surface area contributed by atoms with Gasteiger partial charge in [0.2, 0.25) is 0 Å². The molecule has 23 heavy (non-hydrogen) atoms. The molecule has 0 fully saturated rings. The number of guanidine groups is 1. The molecule has 0 heterocycles. The minimum Gasteiger partial charge on any atom is -0.357 e. The van der Waals surface area contributed by atoms with Crippen molar-refractivity contribution in [2.45, 2.75) is 34.2 Å². The summed E-state index contributed by atoms with van der Waals surface area (Å²) in [6, 6.07) is 5.26. The quantitative estimate of drug-likeness (QED) is 0.374. The third kappa shape index (κ3) is 8.50. The smallest absolute Gasteiger partial charge is 0.191 e. The number of likely N-dealkylation sites (N-methyl/N-ethyl adjacent to an activating group) is 1. The Balaban J connectivity index is 0.00000484. The van der Waals surface area contributed by atoms with Crippen LogP contribution in [0.5, 0.6) is 0 Å². The molecule has 1 rings (SSSR count). The van der Waals surface area contributed by atoms with E-state index in [1.165, 1.54) is 0 Å². The molecule has 0 aliphatic carbocycles.